The highest BCUT2D eigenvalue weighted by Gasteiger charge is 2.44. The molecule has 1 heterocycles. The zero-order chi connectivity index (χ0) is 15.0. The van der Waals surface area contributed by atoms with Crippen LogP contribution in [0, 0.1) is 0 Å². The Morgan fingerprint density at radius 2 is 2.00 bits per heavy atom. The summed E-state index contributed by atoms with van der Waals surface area (Å²) in [5, 5.41) is 9.55. The molecule has 1 saturated carbocycles. The number of carbonyl (C=O) groups excluding carboxylic acids is 1. The first-order chi connectivity index (χ1) is 10.1. The van der Waals surface area contributed by atoms with E-state index >= 15 is 0 Å². The third-order valence-electron chi connectivity index (χ3n) is 3.96. The molecule has 1 atom stereocenters. The lowest BCUT2D eigenvalue weighted by molar-refractivity contribution is -0.129. The molecular formula is C16H18N2O3. The molecule has 5 nitrogen and oxygen atoms in total. The monoisotopic (exact) mass is 286 g/mol. The van der Waals surface area contributed by atoms with Crippen molar-refractivity contribution in [2.45, 2.75) is 38.5 Å². The first kappa shape index (κ1) is 13.7. The average Bonchev–Trinajstić information content (AvgIpc) is 3.25. The lowest BCUT2D eigenvalue weighted by Crippen LogP contribution is -2.49. The third kappa shape index (κ3) is 2.63. The minimum atomic E-state index is -1.01. The van der Waals surface area contributed by atoms with Gasteiger partial charge in [-0.3, -0.25) is 9.69 Å². The topological polar surface area (TPSA) is 60.9 Å². The lowest BCUT2D eigenvalue weighted by atomic mass is 10.2. The van der Waals surface area contributed by atoms with Crippen LogP contribution in [0.5, 0.6) is 0 Å². The van der Waals surface area contributed by atoms with Gasteiger partial charge in [0.25, 0.3) is 5.91 Å². The number of carbonyl (C=O) groups is 2. The summed E-state index contributed by atoms with van der Waals surface area (Å²) in [7, 11) is 0. The van der Waals surface area contributed by atoms with Crippen molar-refractivity contribution in [3.63, 3.8) is 0 Å². The summed E-state index contributed by atoms with van der Waals surface area (Å²) in [5.41, 5.74) is 1.55. The van der Waals surface area contributed by atoms with Crippen molar-refractivity contribution in [1.82, 2.24) is 9.80 Å². The van der Waals surface area contributed by atoms with E-state index < -0.39 is 12.3 Å². The standard InChI is InChI=1S/C16H18N2O3/c1-11-9-14(18(15(11)19)13-7-8-13)17(16(20)21)10-12-5-3-2-4-6-12/h2-6,9,13-14H,7-8,10H2,1H3,(H,20,21). The van der Waals surface area contributed by atoms with Crippen LogP contribution in [0.15, 0.2) is 42.0 Å². The van der Waals surface area contributed by atoms with E-state index in [2.05, 4.69) is 0 Å². The number of nitrogens with zero attached hydrogens (tertiary/aromatic N) is 2. The molecule has 110 valence electrons. The van der Waals surface area contributed by atoms with Crippen LogP contribution in [0.25, 0.3) is 0 Å². The van der Waals surface area contributed by atoms with Crippen molar-refractivity contribution < 1.29 is 14.7 Å². The Labute approximate surface area is 123 Å². The number of amides is 2. The predicted octanol–water partition coefficient (Wildman–Crippen LogP) is 2.44. The molecule has 0 saturated heterocycles. The Kier molecular flexibility index (Phi) is 3.41. The van der Waals surface area contributed by atoms with E-state index in [1.165, 1.54) is 4.90 Å². The fraction of sp³-hybridized carbons (Fsp3) is 0.375. The van der Waals surface area contributed by atoms with E-state index in [4.69, 9.17) is 0 Å². The Balaban J connectivity index is 1.86. The Hall–Kier alpha value is -2.30. The number of hydrogen-bond donors (Lipinski definition) is 1. The molecule has 1 N–H and O–H groups in total. The first-order valence-electron chi connectivity index (χ1n) is 7.12. The number of carboxylic acid groups (broad SMARTS) is 1. The van der Waals surface area contributed by atoms with Crippen molar-refractivity contribution in [1.29, 1.82) is 0 Å². The summed E-state index contributed by atoms with van der Waals surface area (Å²) in [4.78, 5) is 26.9. The van der Waals surface area contributed by atoms with Crippen LogP contribution in [0.3, 0.4) is 0 Å². The van der Waals surface area contributed by atoms with Crippen molar-refractivity contribution in [3.05, 3.63) is 47.5 Å². The Morgan fingerprint density at radius 3 is 2.57 bits per heavy atom. The van der Waals surface area contributed by atoms with E-state index in [1.54, 1.807) is 17.9 Å². The molecule has 2 aliphatic rings. The van der Waals surface area contributed by atoms with Crippen LogP contribution in [0.1, 0.15) is 25.3 Å². The molecule has 1 aromatic carbocycles. The summed E-state index contributed by atoms with van der Waals surface area (Å²) in [6.45, 7) is 2.03. The molecule has 1 fully saturated rings. The van der Waals surface area contributed by atoms with E-state index in [0.29, 0.717) is 5.57 Å². The van der Waals surface area contributed by atoms with Crippen molar-refractivity contribution in [2.75, 3.05) is 0 Å². The molecule has 0 spiro atoms. The molecule has 0 aromatic heterocycles. The number of rotatable bonds is 4. The predicted molar refractivity (Wildman–Crippen MR) is 77.4 cm³/mol. The summed E-state index contributed by atoms with van der Waals surface area (Å²) >= 11 is 0. The average molecular weight is 286 g/mol. The van der Waals surface area contributed by atoms with Gasteiger partial charge in [0.1, 0.15) is 6.17 Å². The Morgan fingerprint density at radius 1 is 1.33 bits per heavy atom. The van der Waals surface area contributed by atoms with E-state index in [1.807, 2.05) is 30.3 Å². The fourth-order valence-corrected chi connectivity index (χ4v) is 2.73. The number of hydrogen-bond acceptors (Lipinski definition) is 2. The second-order valence-electron chi connectivity index (χ2n) is 5.60. The maximum Gasteiger partial charge on any atom is 0.409 e. The summed E-state index contributed by atoms with van der Waals surface area (Å²) in [6, 6.07) is 9.64. The molecule has 1 aromatic rings. The molecule has 5 heteroatoms. The van der Waals surface area contributed by atoms with Gasteiger partial charge in [-0.25, -0.2) is 4.79 Å². The molecular weight excluding hydrogens is 268 g/mol. The zero-order valence-electron chi connectivity index (χ0n) is 11.9. The van der Waals surface area contributed by atoms with Crippen molar-refractivity contribution in [3.8, 4) is 0 Å². The SMILES string of the molecule is CC1=CC(N(Cc2ccccc2)C(=O)O)N(C2CC2)C1=O. The second-order valence-corrected chi connectivity index (χ2v) is 5.60. The molecule has 0 bridgehead atoms. The smallest absolute Gasteiger partial charge is 0.409 e. The number of benzene rings is 1. The normalized spacial score (nSPS) is 21.4. The van der Waals surface area contributed by atoms with Gasteiger partial charge < -0.3 is 10.0 Å². The third-order valence-corrected chi connectivity index (χ3v) is 3.96. The van der Waals surface area contributed by atoms with Gasteiger partial charge in [0.05, 0.1) is 6.54 Å². The summed E-state index contributed by atoms with van der Waals surface area (Å²) < 4.78 is 0. The quantitative estimate of drug-likeness (QED) is 0.924. The summed E-state index contributed by atoms with van der Waals surface area (Å²) in [6.07, 6.45) is 2.19. The Bertz CT molecular complexity index is 593. The largest absolute Gasteiger partial charge is 0.465 e. The van der Waals surface area contributed by atoms with Gasteiger partial charge in [-0.2, -0.15) is 0 Å². The first-order valence-corrected chi connectivity index (χ1v) is 7.12. The van der Waals surface area contributed by atoms with Gasteiger partial charge in [0.15, 0.2) is 0 Å². The van der Waals surface area contributed by atoms with Crippen LogP contribution >= 0.6 is 0 Å². The van der Waals surface area contributed by atoms with Crippen LogP contribution in [0.2, 0.25) is 0 Å². The minimum absolute atomic E-state index is 0.0400. The molecule has 21 heavy (non-hydrogen) atoms. The van der Waals surface area contributed by atoms with Gasteiger partial charge in [0, 0.05) is 11.6 Å². The highest BCUT2D eigenvalue weighted by molar-refractivity contribution is 5.96. The molecule has 1 aliphatic carbocycles. The second kappa shape index (κ2) is 5.24. The van der Waals surface area contributed by atoms with Crippen LogP contribution < -0.4 is 0 Å². The highest BCUT2D eigenvalue weighted by Crippen LogP contribution is 2.35. The fourth-order valence-electron chi connectivity index (χ4n) is 2.73. The molecule has 0 radical (unpaired) electrons. The van der Waals surface area contributed by atoms with E-state index in [-0.39, 0.29) is 18.5 Å². The van der Waals surface area contributed by atoms with Crippen molar-refractivity contribution in [2.24, 2.45) is 0 Å². The minimum Gasteiger partial charge on any atom is -0.465 e. The zero-order valence-corrected chi connectivity index (χ0v) is 11.9. The molecule has 1 unspecified atom stereocenters. The molecule has 3 rings (SSSR count). The molecule has 2 amide bonds. The van der Waals surface area contributed by atoms with Gasteiger partial charge in [0.2, 0.25) is 0 Å². The van der Waals surface area contributed by atoms with Crippen LogP contribution in [-0.2, 0) is 11.3 Å². The van der Waals surface area contributed by atoms with Gasteiger partial charge in [-0.15, -0.1) is 0 Å². The maximum absolute atomic E-state index is 12.2. The van der Waals surface area contributed by atoms with E-state index in [0.717, 1.165) is 18.4 Å². The summed E-state index contributed by atoms with van der Waals surface area (Å²) in [5.74, 6) is -0.0400. The van der Waals surface area contributed by atoms with Crippen LogP contribution in [0.4, 0.5) is 4.79 Å². The maximum atomic E-state index is 12.2. The lowest BCUT2D eigenvalue weighted by Gasteiger charge is -2.33. The van der Waals surface area contributed by atoms with E-state index in [9.17, 15) is 14.7 Å². The highest BCUT2D eigenvalue weighted by atomic mass is 16.4. The van der Waals surface area contributed by atoms with Gasteiger partial charge in [-0.05, 0) is 31.4 Å². The van der Waals surface area contributed by atoms with Crippen LogP contribution in [-0.4, -0.2) is 39.1 Å². The molecule has 1 aliphatic heterocycles. The van der Waals surface area contributed by atoms with Gasteiger partial charge >= 0.3 is 6.09 Å². The van der Waals surface area contributed by atoms with Gasteiger partial charge in [-0.1, -0.05) is 30.3 Å². The van der Waals surface area contributed by atoms with Crippen molar-refractivity contribution >= 4 is 12.0 Å².